The van der Waals surface area contributed by atoms with Crippen molar-refractivity contribution >= 4 is 5.71 Å². The fourth-order valence-electron chi connectivity index (χ4n) is 4.64. The summed E-state index contributed by atoms with van der Waals surface area (Å²) in [5.41, 5.74) is 2.13. The van der Waals surface area contributed by atoms with Gasteiger partial charge in [-0.1, -0.05) is 43.3 Å². The molecule has 0 radical (unpaired) electrons. The number of benzene rings is 2. The second kappa shape index (κ2) is 6.34. The zero-order valence-electron chi connectivity index (χ0n) is 15.6. The number of ether oxygens (including phenoxy) is 1. The van der Waals surface area contributed by atoms with Gasteiger partial charge in [-0.25, -0.2) is 9.40 Å². The zero-order valence-corrected chi connectivity index (χ0v) is 15.6. The van der Waals surface area contributed by atoms with Gasteiger partial charge in [0.15, 0.2) is 0 Å². The third kappa shape index (κ3) is 2.64. The van der Waals surface area contributed by atoms with Crippen molar-refractivity contribution in [3.05, 3.63) is 65.5 Å². The van der Waals surface area contributed by atoms with Crippen LogP contribution in [0.5, 0.6) is 5.75 Å². The van der Waals surface area contributed by atoms with Crippen molar-refractivity contribution in [2.24, 2.45) is 5.10 Å². The van der Waals surface area contributed by atoms with Crippen molar-refractivity contribution in [2.45, 2.75) is 38.0 Å². The number of nitrogens with zero attached hydrogens (tertiary/aromatic N) is 3. The second-order valence-corrected chi connectivity index (χ2v) is 7.61. The van der Waals surface area contributed by atoms with E-state index < -0.39 is 5.72 Å². The molecular weight excluding hydrogens is 341 g/mol. The minimum atomic E-state index is -0.433. The number of hydrogen-bond donors (Lipinski definition) is 0. The maximum absolute atomic E-state index is 14.4. The number of rotatable bonds is 2. The summed E-state index contributed by atoms with van der Waals surface area (Å²) in [6.07, 6.45) is 2.51. The van der Waals surface area contributed by atoms with Crippen molar-refractivity contribution in [1.82, 2.24) is 9.91 Å². The largest absolute Gasteiger partial charge is 0.466 e. The van der Waals surface area contributed by atoms with Gasteiger partial charge in [0.2, 0.25) is 5.72 Å². The first-order chi connectivity index (χ1) is 13.2. The number of fused-ring (bicyclic) bond motifs is 4. The standard InChI is InChI=1S/C22H24FN3O/c1-2-25-13-11-22(12-14-25)26-20(17-8-4-6-10-21(17)27-22)15-19(24-26)16-7-3-5-9-18(16)23/h3-10,20H,2,11-15H2,1H3. The van der Waals surface area contributed by atoms with Gasteiger partial charge in [-0.05, 0) is 18.7 Å². The molecular formula is C22H24FN3O. The molecule has 2 aromatic carbocycles. The average molecular weight is 365 g/mol. The van der Waals surface area contributed by atoms with E-state index >= 15 is 0 Å². The van der Waals surface area contributed by atoms with Crippen LogP contribution in [0.25, 0.3) is 0 Å². The Morgan fingerprint density at radius 1 is 1.11 bits per heavy atom. The van der Waals surface area contributed by atoms with Gasteiger partial charge in [-0.15, -0.1) is 0 Å². The van der Waals surface area contributed by atoms with Gasteiger partial charge >= 0.3 is 0 Å². The molecule has 0 amide bonds. The average Bonchev–Trinajstić information content (AvgIpc) is 3.16. The summed E-state index contributed by atoms with van der Waals surface area (Å²) in [7, 11) is 0. The molecule has 1 fully saturated rings. The molecule has 1 spiro atoms. The monoisotopic (exact) mass is 365 g/mol. The van der Waals surface area contributed by atoms with E-state index in [9.17, 15) is 4.39 Å². The van der Waals surface area contributed by atoms with Crippen LogP contribution in [-0.4, -0.2) is 41.0 Å². The molecule has 4 nitrogen and oxygen atoms in total. The van der Waals surface area contributed by atoms with Crippen LogP contribution >= 0.6 is 0 Å². The first-order valence-corrected chi connectivity index (χ1v) is 9.82. The lowest BCUT2D eigenvalue weighted by Crippen LogP contribution is -2.59. The number of para-hydroxylation sites is 1. The van der Waals surface area contributed by atoms with E-state index in [1.165, 1.54) is 6.07 Å². The Bertz CT molecular complexity index is 889. The normalized spacial score (nSPS) is 23.6. The molecule has 3 aliphatic heterocycles. The van der Waals surface area contributed by atoms with E-state index in [1.807, 2.05) is 24.3 Å². The SMILES string of the molecule is CCN1CCC2(CC1)Oc1ccccc1C1CC(c3ccccc3F)=NN12. The molecule has 0 bridgehead atoms. The molecule has 5 rings (SSSR count). The van der Waals surface area contributed by atoms with Crippen molar-refractivity contribution < 1.29 is 9.13 Å². The molecule has 0 aliphatic carbocycles. The third-order valence-electron chi connectivity index (χ3n) is 6.18. The molecule has 3 heterocycles. The number of piperidine rings is 1. The summed E-state index contributed by atoms with van der Waals surface area (Å²) >= 11 is 0. The number of halogens is 1. The molecule has 27 heavy (non-hydrogen) atoms. The first-order valence-electron chi connectivity index (χ1n) is 9.82. The maximum atomic E-state index is 14.4. The Labute approximate surface area is 159 Å². The summed E-state index contributed by atoms with van der Waals surface area (Å²) in [6.45, 7) is 5.24. The summed E-state index contributed by atoms with van der Waals surface area (Å²) in [5, 5.41) is 7.08. The predicted octanol–water partition coefficient (Wildman–Crippen LogP) is 4.18. The van der Waals surface area contributed by atoms with Crippen LogP contribution in [0.1, 0.15) is 43.4 Å². The van der Waals surface area contributed by atoms with Crippen LogP contribution in [0.15, 0.2) is 53.6 Å². The molecule has 1 saturated heterocycles. The van der Waals surface area contributed by atoms with Gasteiger partial charge in [-0.3, -0.25) is 0 Å². The van der Waals surface area contributed by atoms with Gasteiger partial charge in [0, 0.05) is 43.5 Å². The second-order valence-electron chi connectivity index (χ2n) is 7.61. The summed E-state index contributed by atoms with van der Waals surface area (Å²) in [6, 6.07) is 15.3. The van der Waals surface area contributed by atoms with Crippen LogP contribution in [0.2, 0.25) is 0 Å². The number of hydrogen-bond acceptors (Lipinski definition) is 4. The molecule has 5 heteroatoms. The molecule has 1 atom stereocenters. The van der Waals surface area contributed by atoms with Gasteiger partial charge < -0.3 is 9.64 Å². The molecule has 0 N–H and O–H groups in total. The van der Waals surface area contributed by atoms with E-state index in [1.54, 1.807) is 6.07 Å². The van der Waals surface area contributed by atoms with Crippen LogP contribution in [0.3, 0.4) is 0 Å². The van der Waals surface area contributed by atoms with Crippen molar-refractivity contribution in [2.75, 3.05) is 19.6 Å². The Hall–Kier alpha value is -2.40. The molecule has 140 valence electrons. The van der Waals surface area contributed by atoms with Crippen LogP contribution in [0, 0.1) is 5.82 Å². The van der Waals surface area contributed by atoms with E-state index in [0.717, 1.165) is 49.5 Å². The zero-order chi connectivity index (χ0) is 18.4. The molecule has 0 saturated carbocycles. The van der Waals surface area contributed by atoms with E-state index in [4.69, 9.17) is 9.84 Å². The maximum Gasteiger partial charge on any atom is 0.200 e. The number of likely N-dealkylation sites (tertiary alicyclic amines) is 1. The Kier molecular flexibility index (Phi) is 3.93. The third-order valence-corrected chi connectivity index (χ3v) is 6.18. The smallest absolute Gasteiger partial charge is 0.200 e. The van der Waals surface area contributed by atoms with Crippen molar-refractivity contribution in [3.8, 4) is 5.75 Å². The lowest BCUT2D eigenvalue weighted by molar-refractivity contribution is -0.149. The van der Waals surface area contributed by atoms with Gasteiger partial charge in [0.05, 0.1) is 11.8 Å². The quantitative estimate of drug-likeness (QED) is 0.799. The van der Waals surface area contributed by atoms with Crippen LogP contribution in [0.4, 0.5) is 4.39 Å². The Morgan fingerprint density at radius 3 is 2.63 bits per heavy atom. The highest BCUT2D eigenvalue weighted by Crippen LogP contribution is 2.49. The summed E-state index contributed by atoms with van der Waals surface area (Å²) in [4.78, 5) is 2.45. The fraction of sp³-hybridized carbons (Fsp3) is 0.409. The Morgan fingerprint density at radius 2 is 1.85 bits per heavy atom. The molecule has 2 aromatic rings. The predicted molar refractivity (Wildman–Crippen MR) is 103 cm³/mol. The summed E-state index contributed by atoms with van der Waals surface area (Å²) in [5.74, 6) is 0.744. The van der Waals surface area contributed by atoms with Crippen LogP contribution in [-0.2, 0) is 0 Å². The molecule has 1 unspecified atom stereocenters. The Balaban J connectivity index is 1.57. The van der Waals surface area contributed by atoms with Crippen LogP contribution < -0.4 is 4.74 Å². The van der Waals surface area contributed by atoms with Gasteiger partial charge in [-0.2, -0.15) is 5.10 Å². The lowest BCUT2D eigenvalue weighted by Gasteiger charge is -2.51. The van der Waals surface area contributed by atoms with Crippen molar-refractivity contribution in [3.63, 3.8) is 0 Å². The number of hydrazone groups is 1. The minimum absolute atomic E-state index is 0.109. The summed E-state index contributed by atoms with van der Waals surface area (Å²) < 4.78 is 21.0. The van der Waals surface area contributed by atoms with E-state index in [0.29, 0.717) is 12.0 Å². The lowest BCUT2D eigenvalue weighted by atomic mass is 9.90. The molecule has 0 aromatic heterocycles. The highest BCUT2D eigenvalue weighted by atomic mass is 19.1. The topological polar surface area (TPSA) is 28.1 Å². The molecule has 3 aliphatic rings. The van der Waals surface area contributed by atoms with Crippen molar-refractivity contribution in [1.29, 1.82) is 0 Å². The van der Waals surface area contributed by atoms with Gasteiger partial charge in [0.1, 0.15) is 11.6 Å². The fourth-order valence-corrected chi connectivity index (χ4v) is 4.64. The minimum Gasteiger partial charge on any atom is -0.466 e. The van der Waals surface area contributed by atoms with Gasteiger partial charge in [0.25, 0.3) is 0 Å². The first kappa shape index (κ1) is 16.8. The highest BCUT2D eigenvalue weighted by molar-refractivity contribution is 6.02. The highest BCUT2D eigenvalue weighted by Gasteiger charge is 2.51. The van der Waals surface area contributed by atoms with E-state index in [2.05, 4.69) is 29.0 Å². The van der Waals surface area contributed by atoms with E-state index in [-0.39, 0.29) is 11.9 Å².